The molecule has 0 spiro atoms. The van der Waals surface area contributed by atoms with E-state index in [1.165, 1.54) is 35.6 Å². The van der Waals surface area contributed by atoms with Crippen LogP contribution < -0.4 is 5.32 Å². The van der Waals surface area contributed by atoms with Crippen molar-refractivity contribution in [3.63, 3.8) is 0 Å². The van der Waals surface area contributed by atoms with Crippen LogP contribution in [0.2, 0.25) is 0 Å². The Kier molecular flexibility index (Phi) is 5.07. The van der Waals surface area contributed by atoms with Crippen molar-refractivity contribution in [3.05, 3.63) is 51.0 Å². The van der Waals surface area contributed by atoms with Gasteiger partial charge in [0.25, 0.3) is 5.69 Å². The van der Waals surface area contributed by atoms with Gasteiger partial charge in [-0.15, -0.1) is 22.9 Å². The summed E-state index contributed by atoms with van der Waals surface area (Å²) in [7, 11) is 0. The predicted molar refractivity (Wildman–Crippen MR) is 78.6 cm³/mol. The Labute approximate surface area is 128 Å². The molecule has 1 heterocycles. The lowest BCUT2D eigenvalue weighted by Gasteiger charge is -2.04. The van der Waals surface area contributed by atoms with Crippen LogP contribution >= 0.6 is 22.9 Å². The zero-order valence-corrected chi connectivity index (χ0v) is 12.2. The molecule has 110 valence electrons. The molecule has 9 heteroatoms. The Morgan fingerprint density at radius 1 is 1.43 bits per heavy atom. The number of ether oxygens (including phenoxy) is 1. The van der Waals surface area contributed by atoms with Crippen molar-refractivity contribution < 1.29 is 14.5 Å². The van der Waals surface area contributed by atoms with Crippen molar-refractivity contribution >= 4 is 39.8 Å². The number of non-ortho nitro benzene ring substituents is 1. The molecular weight excluding hydrogens is 318 g/mol. The Bertz CT molecular complexity index is 644. The quantitative estimate of drug-likeness (QED) is 0.515. The van der Waals surface area contributed by atoms with Gasteiger partial charge in [-0.2, -0.15) is 0 Å². The Morgan fingerprint density at radius 3 is 2.71 bits per heavy atom. The van der Waals surface area contributed by atoms with Crippen LogP contribution in [0.4, 0.5) is 15.6 Å². The van der Waals surface area contributed by atoms with Crippen molar-refractivity contribution in [2.24, 2.45) is 0 Å². The summed E-state index contributed by atoms with van der Waals surface area (Å²) in [4.78, 5) is 25.6. The summed E-state index contributed by atoms with van der Waals surface area (Å²) in [6, 6.07) is 5.76. The second-order valence-electron chi connectivity index (χ2n) is 3.90. The number of carbonyl (C=O) groups is 1. The van der Waals surface area contributed by atoms with E-state index in [0.717, 1.165) is 0 Å². The molecular formula is C12H10ClN3O4S. The third kappa shape index (κ3) is 4.40. The standard InChI is InChI=1S/C12H10ClN3O4S/c13-5-9-7-21-11(14-9)15-12(17)20-6-8-1-3-10(4-2-8)16(18)19/h1-4,7H,5-6H2,(H,14,15,17). The number of thiazole rings is 1. The number of rotatable bonds is 5. The molecule has 0 saturated heterocycles. The van der Waals surface area contributed by atoms with E-state index in [4.69, 9.17) is 16.3 Å². The number of hydrogen-bond donors (Lipinski definition) is 1. The number of amides is 1. The maximum Gasteiger partial charge on any atom is 0.413 e. The number of halogens is 1. The Morgan fingerprint density at radius 2 is 2.14 bits per heavy atom. The number of alkyl halides is 1. The minimum Gasteiger partial charge on any atom is -0.444 e. The van der Waals surface area contributed by atoms with E-state index in [1.54, 1.807) is 5.38 Å². The number of nitro groups is 1. The van der Waals surface area contributed by atoms with E-state index >= 15 is 0 Å². The number of nitro benzene ring substituents is 1. The molecule has 0 fully saturated rings. The highest BCUT2D eigenvalue weighted by Gasteiger charge is 2.08. The van der Waals surface area contributed by atoms with Gasteiger partial charge in [0, 0.05) is 17.5 Å². The van der Waals surface area contributed by atoms with Gasteiger partial charge >= 0.3 is 6.09 Å². The first-order chi connectivity index (χ1) is 10.1. The van der Waals surface area contributed by atoms with Crippen molar-refractivity contribution in [1.29, 1.82) is 0 Å². The molecule has 1 aromatic carbocycles. The normalized spacial score (nSPS) is 10.1. The highest BCUT2D eigenvalue weighted by atomic mass is 35.5. The topological polar surface area (TPSA) is 94.4 Å². The lowest BCUT2D eigenvalue weighted by molar-refractivity contribution is -0.384. The molecule has 21 heavy (non-hydrogen) atoms. The molecule has 0 aliphatic carbocycles. The van der Waals surface area contributed by atoms with E-state index in [0.29, 0.717) is 16.4 Å². The molecule has 0 aliphatic heterocycles. The largest absolute Gasteiger partial charge is 0.444 e. The fraction of sp³-hybridized carbons (Fsp3) is 0.167. The van der Waals surface area contributed by atoms with Gasteiger partial charge in [-0.1, -0.05) is 0 Å². The number of nitrogens with one attached hydrogen (secondary N) is 1. The van der Waals surface area contributed by atoms with Crippen LogP contribution in [-0.2, 0) is 17.2 Å². The van der Waals surface area contributed by atoms with Crippen molar-refractivity contribution in [2.75, 3.05) is 5.32 Å². The highest BCUT2D eigenvalue weighted by Crippen LogP contribution is 2.17. The molecule has 2 aromatic rings. The zero-order valence-electron chi connectivity index (χ0n) is 10.6. The molecule has 1 amide bonds. The first-order valence-electron chi connectivity index (χ1n) is 5.76. The molecule has 1 aromatic heterocycles. The minimum absolute atomic E-state index is 0.0115. The van der Waals surface area contributed by atoms with Crippen LogP contribution in [0.25, 0.3) is 0 Å². The monoisotopic (exact) mass is 327 g/mol. The number of aromatic nitrogens is 1. The number of hydrogen-bond acceptors (Lipinski definition) is 6. The summed E-state index contributed by atoms with van der Waals surface area (Å²) in [6.45, 7) is 0.0115. The SMILES string of the molecule is O=C(Nc1nc(CCl)cs1)OCc1ccc([N+](=O)[O-])cc1. The fourth-order valence-corrected chi connectivity index (χ4v) is 2.34. The van der Waals surface area contributed by atoms with Gasteiger partial charge in [-0.05, 0) is 17.7 Å². The molecule has 7 nitrogen and oxygen atoms in total. The minimum atomic E-state index is -0.649. The second-order valence-corrected chi connectivity index (χ2v) is 5.03. The molecule has 2 rings (SSSR count). The third-order valence-corrected chi connectivity index (χ3v) is 3.50. The van der Waals surface area contributed by atoms with Crippen molar-refractivity contribution in [2.45, 2.75) is 12.5 Å². The van der Waals surface area contributed by atoms with Crippen molar-refractivity contribution in [1.82, 2.24) is 4.98 Å². The third-order valence-electron chi connectivity index (χ3n) is 2.41. The number of benzene rings is 1. The smallest absolute Gasteiger partial charge is 0.413 e. The van der Waals surface area contributed by atoms with E-state index in [9.17, 15) is 14.9 Å². The van der Waals surface area contributed by atoms with Gasteiger partial charge in [-0.25, -0.2) is 9.78 Å². The molecule has 0 saturated carbocycles. The number of anilines is 1. The van der Waals surface area contributed by atoms with Gasteiger partial charge in [0.2, 0.25) is 0 Å². The van der Waals surface area contributed by atoms with E-state index < -0.39 is 11.0 Å². The number of carbonyl (C=O) groups excluding carboxylic acids is 1. The second kappa shape index (κ2) is 7.00. The van der Waals surface area contributed by atoms with E-state index in [2.05, 4.69) is 10.3 Å². The van der Waals surface area contributed by atoms with Gasteiger partial charge in [0.1, 0.15) is 6.61 Å². The zero-order chi connectivity index (χ0) is 15.2. The summed E-state index contributed by atoms with van der Waals surface area (Å²) >= 11 is 6.85. The maximum absolute atomic E-state index is 11.6. The maximum atomic E-state index is 11.6. The van der Waals surface area contributed by atoms with Crippen LogP contribution in [-0.4, -0.2) is 16.0 Å². The van der Waals surface area contributed by atoms with Gasteiger partial charge in [0.15, 0.2) is 5.13 Å². The van der Waals surface area contributed by atoms with Crippen LogP contribution in [0.1, 0.15) is 11.3 Å². The summed E-state index contributed by atoms with van der Waals surface area (Å²) < 4.78 is 4.99. The fourth-order valence-electron chi connectivity index (χ4n) is 1.41. The Hall–Kier alpha value is -2.19. The summed E-state index contributed by atoms with van der Waals surface area (Å²) in [6.07, 6.45) is -0.649. The average molecular weight is 328 g/mol. The summed E-state index contributed by atoms with van der Waals surface area (Å²) in [5.74, 6) is 0.274. The molecule has 0 atom stereocenters. The Balaban J connectivity index is 1.84. The van der Waals surface area contributed by atoms with E-state index in [-0.39, 0.29) is 18.2 Å². The molecule has 0 bridgehead atoms. The molecule has 1 N–H and O–H groups in total. The van der Waals surface area contributed by atoms with E-state index in [1.807, 2.05) is 0 Å². The summed E-state index contributed by atoms with van der Waals surface area (Å²) in [5.41, 5.74) is 1.31. The molecule has 0 unspecified atom stereocenters. The first kappa shape index (κ1) is 15.2. The van der Waals surface area contributed by atoms with Crippen molar-refractivity contribution in [3.8, 4) is 0 Å². The molecule has 0 radical (unpaired) electrons. The van der Waals surface area contributed by atoms with Crippen LogP contribution in [0.15, 0.2) is 29.6 Å². The van der Waals surface area contributed by atoms with Crippen LogP contribution in [0.5, 0.6) is 0 Å². The average Bonchev–Trinajstić information content (AvgIpc) is 2.93. The van der Waals surface area contributed by atoms with Gasteiger partial charge in [0.05, 0.1) is 16.5 Å². The lowest BCUT2D eigenvalue weighted by atomic mass is 10.2. The van der Waals surface area contributed by atoms with Crippen LogP contribution in [0, 0.1) is 10.1 Å². The number of nitrogens with zero attached hydrogens (tertiary/aromatic N) is 2. The van der Waals surface area contributed by atoms with Crippen LogP contribution in [0.3, 0.4) is 0 Å². The highest BCUT2D eigenvalue weighted by molar-refractivity contribution is 7.13. The van der Waals surface area contributed by atoms with Gasteiger partial charge < -0.3 is 4.74 Å². The lowest BCUT2D eigenvalue weighted by Crippen LogP contribution is -2.13. The predicted octanol–water partition coefficient (Wildman–Crippen LogP) is 3.54. The van der Waals surface area contributed by atoms with Gasteiger partial charge in [-0.3, -0.25) is 15.4 Å². The molecule has 0 aliphatic rings. The summed E-state index contributed by atoms with van der Waals surface area (Å²) in [5, 5.41) is 15.1. The first-order valence-corrected chi connectivity index (χ1v) is 7.17.